The first-order valence-corrected chi connectivity index (χ1v) is 4.38. The molecule has 0 aliphatic rings. The fraction of sp³-hybridized carbons (Fsp3) is 1.00. The van der Waals surface area contributed by atoms with Crippen LogP contribution in [0.3, 0.4) is 0 Å². The highest BCUT2D eigenvalue weighted by atomic mass is 19.1. The zero-order valence-corrected chi connectivity index (χ0v) is 8.10. The minimum atomic E-state index is -0.643. The molecule has 11 heavy (non-hydrogen) atoms. The van der Waals surface area contributed by atoms with Crippen LogP contribution in [-0.4, -0.2) is 30.7 Å². The van der Waals surface area contributed by atoms with Crippen molar-refractivity contribution in [2.75, 3.05) is 13.6 Å². The quantitative estimate of drug-likeness (QED) is 0.598. The van der Waals surface area contributed by atoms with Gasteiger partial charge in [0.1, 0.15) is 0 Å². The molecule has 1 atom stereocenters. The van der Waals surface area contributed by atoms with Crippen molar-refractivity contribution in [3.8, 4) is 0 Å². The van der Waals surface area contributed by atoms with E-state index < -0.39 is 6.17 Å². The van der Waals surface area contributed by atoms with E-state index in [1.807, 2.05) is 0 Å². The second-order valence-corrected chi connectivity index (χ2v) is 3.50. The van der Waals surface area contributed by atoms with Gasteiger partial charge in [-0.2, -0.15) is 0 Å². The maximum atomic E-state index is 12.3. The van der Waals surface area contributed by atoms with Crippen molar-refractivity contribution < 1.29 is 4.39 Å². The Balaban J connectivity index is 3.24. The molecule has 0 saturated heterocycles. The second-order valence-electron chi connectivity index (χ2n) is 3.50. The molecule has 0 radical (unpaired) electrons. The number of hydrogen-bond acceptors (Lipinski definition) is 1. The van der Waals surface area contributed by atoms with Crippen molar-refractivity contribution >= 4 is 0 Å². The highest BCUT2D eigenvalue weighted by Gasteiger charge is 2.03. The summed E-state index contributed by atoms with van der Waals surface area (Å²) in [6.45, 7) is 6.93. The lowest BCUT2D eigenvalue weighted by molar-refractivity contribution is 0.249. The zero-order chi connectivity index (χ0) is 8.85. The molecule has 0 aliphatic heterocycles. The van der Waals surface area contributed by atoms with Gasteiger partial charge in [-0.1, -0.05) is 0 Å². The molecule has 1 unspecified atom stereocenters. The lowest BCUT2D eigenvalue weighted by atomic mass is 10.2. The molecule has 0 rings (SSSR count). The van der Waals surface area contributed by atoms with Crippen molar-refractivity contribution in [3.05, 3.63) is 0 Å². The van der Waals surface area contributed by atoms with Crippen molar-refractivity contribution in [1.82, 2.24) is 4.90 Å². The molecule has 1 nitrogen and oxygen atoms in total. The molecule has 68 valence electrons. The summed E-state index contributed by atoms with van der Waals surface area (Å²) in [6.07, 6.45) is 1.01. The third kappa shape index (κ3) is 6.29. The van der Waals surface area contributed by atoms with E-state index >= 15 is 0 Å². The summed E-state index contributed by atoms with van der Waals surface area (Å²) in [4.78, 5) is 2.24. The number of hydrogen-bond donors (Lipinski definition) is 0. The monoisotopic (exact) mass is 161 g/mol. The molecule has 0 bridgehead atoms. The van der Waals surface area contributed by atoms with E-state index in [1.54, 1.807) is 6.92 Å². The first kappa shape index (κ1) is 10.9. The van der Waals surface area contributed by atoms with Crippen LogP contribution in [0.15, 0.2) is 0 Å². The Morgan fingerprint density at radius 2 is 1.82 bits per heavy atom. The fourth-order valence-corrected chi connectivity index (χ4v) is 0.880. The second kappa shape index (κ2) is 5.53. The van der Waals surface area contributed by atoms with Gasteiger partial charge in [0.15, 0.2) is 0 Å². The Morgan fingerprint density at radius 3 is 2.18 bits per heavy atom. The highest BCUT2D eigenvalue weighted by Crippen LogP contribution is 2.02. The van der Waals surface area contributed by atoms with Crippen LogP contribution in [0.2, 0.25) is 0 Å². The topological polar surface area (TPSA) is 3.24 Å². The van der Waals surface area contributed by atoms with Crippen LogP contribution in [-0.2, 0) is 0 Å². The Morgan fingerprint density at radius 1 is 1.27 bits per heavy atom. The average Bonchev–Trinajstić information content (AvgIpc) is 1.86. The molecule has 0 aromatic rings. The van der Waals surface area contributed by atoms with E-state index in [0.29, 0.717) is 12.5 Å². The predicted octanol–water partition coefficient (Wildman–Crippen LogP) is 2.46. The molecule has 0 aromatic heterocycles. The van der Waals surface area contributed by atoms with Crippen molar-refractivity contribution in [3.63, 3.8) is 0 Å². The minimum Gasteiger partial charge on any atom is -0.304 e. The van der Waals surface area contributed by atoms with E-state index in [2.05, 4.69) is 25.8 Å². The molecular weight excluding hydrogens is 141 g/mol. The molecule has 0 fully saturated rings. The van der Waals surface area contributed by atoms with Gasteiger partial charge in [-0.05, 0) is 47.2 Å². The largest absolute Gasteiger partial charge is 0.304 e. The van der Waals surface area contributed by atoms with E-state index in [9.17, 15) is 4.39 Å². The van der Waals surface area contributed by atoms with Gasteiger partial charge >= 0.3 is 0 Å². The Hall–Kier alpha value is -0.110. The lowest BCUT2D eigenvalue weighted by Crippen LogP contribution is -2.27. The molecular formula is C9H20FN. The van der Waals surface area contributed by atoms with Crippen LogP contribution in [0.5, 0.6) is 0 Å². The Labute approximate surface area is 69.6 Å². The third-order valence-electron chi connectivity index (χ3n) is 1.99. The molecule has 0 heterocycles. The summed E-state index contributed by atoms with van der Waals surface area (Å²) in [5, 5.41) is 0. The van der Waals surface area contributed by atoms with Crippen LogP contribution in [0.4, 0.5) is 4.39 Å². The van der Waals surface area contributed by atoms with Gasteiger partial charge < -0.3 is 4.90 Å². The van der Waals surface area contributed by atoms with Crippen LogP contribution in [0.25, 0.3) is 0 Å². The molecule has 0 saturated carbocycles. The van der Waals surface area contributed by atoms with Gasteiger partial charge in [0.2, 0.25) is 0 Å². The predicted molar refractivity (Wildman–Crippen MR) is 47.6 cm³/mol. The SMILES string of the molecule is CC(F)CCCN(C)C(C)C. The van der Waals surface area contributed by atoms with Crippen molar-refractivity contribution in [1.29, 1.82) is 0 Å². The van der Waals surface area contributed by atoms with E-state index in [4.69, 9.17) is 0 Å². The zero-order valence-electron chi connectivity index (χ0n) is 8.10. The lowest BCUT2D eigenvalue weighted by Gasteiger charge is -2.20. The summed E-state index contributed by atoms with van der Waals surface area (Å²) in [5.74, 6) is 0. The molecule has 0 aliphatic carbocycles. The minimum absolute atomic E-state index is 0.574. The normalized spacial score (nSPS) is 14.5. The third-order valence-corrected chi connectivity index (χ3v) is 1.99. The summed E-state index contributed by atoms with van der Waals surface area (Å²) < 4.78 is 12.3. The molecule has 0 aromatic carbocycles. The van der Waals surface area contributed by atoms with Gasteiger partial charge in [-0.15, -0.1) is 0 Å². The van der Waals surface area contributed by atoms with E-state index in [1.165, 1.54) is 0 Å². The van der Waals surface area contributed by atoms with Gasteiger partial charge in [-0.3, -0.25) is 0 Å². The molecule has 0 spiro atoms. The van der Waals surface area contributed by atoms with Gasteiger partial charge in [0.05, 0.1) is 6.17 Å². The van der Waals surface area contributed by atoms with Crippen LogP contribution in [0.1, 0.15) is 33.6 Å². The molecule has 0 amide bonds. The first-order chi connectivity index (χ1) is 5.04. The smallest absolute Gasteiger partial charge is 0.0974 e. The average molecular weight is 161 g/mol. The highest BCUT2D eigenvalue weighted by molar-refractivity contribution is 4.58. The summed E-state index contributed by atoms with van der Waals surface area (Å²) in [7, 11) is 2.08. The van der Waals surface area contributed by atoms with Gasteiger partial charge in [0, 0.05) is 6.04 Å². The van der Waals surface area contributed by atoms with Gasteiger partial charge in [0.25, 0.3) is 0 Å². The maximum Gasteiger partial charge on any atom is 0.0974 e. The number of halogens is 1. The van der Waals surface area contributed by atoms with Crippen molar-refractivity contribution in [2.45, 2.75) is 45.8 Å². The summed E-state index contributed by atoms with van der Waals surface area (Å²) in [5.41, 5.74) is 0. The number of rotatable bonds is 5. The van der Waals surface area contributed by atoms with Crippen LogP contribution >= 0.6 is 0 Å². The number of nitrogens with zero attached hydrogens (tertiary/aromatic N) is 1. The first-order valence-electron chi connectivity index (χ1n) is 4.38. The summed E-state index contributed by atoms with van der Waals surface area (Å²) in [6, 6.07) is 0.574. The molecule has 0 N–H and O–H groups in total. The van der Waals surface area contributed by atoms with Crippen LogP contribution in [0, 0.1) is 0 Å². The fourth-order valence-electron chi connectivity index (χ4n) is 0.880. The molecule has 2 heteroatoms. The van der Waals surface area contributed by atoms with E-state index in [0.717, 1.165) is 13.0 Å². The maximum absolute atomic E-state index is 12.3. The Kier molecular flexibility index (Phi) is 5.47. The number of alkyl halides is 1. The van der Waals surface area contributed by atoms with E-state index in [-0.39, 0.29) is 0 Å². The van der Waals surface area contributed by atoms with Crippen molar-refractivity contribution in [2.24, 2.45) is 0 Å². The Bertz CT molecular complexity index is 91.6. The summed E-state index contributed by atoms with van der Waals surface area (Å²) >= 11 is 0. The van der Waals surface area contributed by atoms with Gasteiger partial charge in [-0.25, -0.2) is 4.39 Å². The standard InChI is InChI=1S/C9H20FN/c1-8(2)11(4)7-5-6-9(3)10/h8-9H,5-7H2,1-4H3. The van der Waals surface area contributed by atoms with Crippen LogP contribution < -0.4 is 0 Å².